The molecule has 0 spiro atoms. The van der Waals surface area contributed by atoms with E-state index in [1.807, 2.05) is 18.2 Å². The zero-order valence-corrected chi connectivity index (χ0v) is 22.5. The van der Waals surface area contributed by atoms with Crippen LogP contribution in [0.15, 0.2) is 53.7 Å². The molecule has 1 atom stereocenters. The number of ketones is 1. The van der Waals surface area contributed by atoms with Gasteiger partial charge >= 0.3 is 0 Å². The van der Waals surface area contributed by atoms with Crippen LogP contribution in [-0.2, 0) is 10.2 Å². The van der Waals surface area contributed by atoms with E-state index in [4.69, 9.17) is 16.7 Å². The van der Waals surface area contributed by atoms with Crippen molar-refractivity contribution in [1.29, 1.82) is 0 Å². The lowest BCUT2D eigenvalue weighted by Crippen LogP contribution is -2.34. The van der Waals surface area contributed by atoms with Gasteiger partial charge in [-0.3, -0.25) is 4.79 Å². The lowest BCUT2D eigenvalue weighted by molar-refractivity contribution is -0.118. The molecular weight excluding hydrogens is 454 g/mol. The Kier molecular flexibility index (Phi) is 5.52. The number of fused-ring (bicyclic) bond motifs is 1. The van der Waals surface area contributed by atoms with Gasteiger partial charge in [0, 0.05) is 39.6 Å². The van der Waals surface area contributed by atoms with Crippen LogP contribution >= 0.6 is 11.6 Å². The molecule has 2 aromatic carbocycles. The van der Waals surface area contributed by atoms with Gasteiger partial charge < -0.3 is 5.32 Å². The Labute approximate surface area is 213 Å². The SMILES string of the molecule is Cc1cccc(-n2nc(C(C)(C)C)c3c2NC2=C(C(=O)CC(C)(C)C2)C3c2ccccc2Cl)c1C. The molecule has 0 bridgehead atoms. The van der Waals surface area contributed by atoms with E-state index in [1.165, 1.54) is 11.1 Å². The minimum absolute atomic E-state index is 0.109. The van der Waals surface area contributed by atoms with Gasteiger partial charge in [0.2, 0.25) is 0 Å². The van der Waals surface area contributed by atoms with Crippen molar-refractivity contribution < 1.29 is 4.79 Å². The standard InChI is InChI=1S/C30H34ClN3O/c1-17-11-10-14-22(18(17)2)34-28-26(27(33-34)29(3,4)5)24(19-12-8-9-13-20(19)31)25-21(32-28)15-30(6,7)16-23(25)35/h8-14,24,32H,15-16H2,1-7H3. The molecule has 0 saturated heterocycles. The summed E-state index contributed by atoms with van der Waals surface area (Å²) < 4.78 is 2.05. The Morgan fingerprint density at radius 2 is 1.77 bits per heavy atom. The summed E-state index contributed by atoms with van der Waals surface area (Å²) in [5, 5.41) is 9.63. The van der Waals surface area contributed by atoms with Crippen molar-refractivity contribution in [1.82, 2.24) is 9.78 Å². The molecule has 5 rings (SSSR count). The molecule has 0 radical (unpaired) electrons. The highest BCUT2D eigenvalue weighted by molar-refractivity contribution is 6.31. The van der Waals surface area contributed by atoms with Crippen molar-refractivity contribution >= 4 is 23.2 Å². The summed E-state index contributed by atoms with van der Waals surface area (Å²) in [4.78, 5) is 13.7. The first-order chi connectivity index (χ1) is 16.4. The summed E-state index contributed by atoms with van der Waals surface area (Å²) in [6, 6.07) is 14.3. The molecule has 0 fully saturated rings. The number of hydrogen-bond donors (Lipinski definition) is 1. The number of anilines is 1. The van der Waals surface area contributed by atoms with Crippen LogP contribution in [0.25, 0.3) is 5.69 Å². The molecule has 0 saturated carbocycles. The number of aryl methyl sites for hydroxylation is 1. The predicted molar refractivity (Wildman–Crippen MR) is 144 cm³/mol. The maximum atomic E-state index is 13.7. The normalized spacial score (nSPS) is 19.3. The van der Waals surface area contributed by atoms with E-state index in [-0.39, 0.29) is 22.5 Å². The van der Waals surface area contributed by atoms with Gasteiger partial charge in [-0.2, -0.15) is 5.10 Å². The number of nitrogens with one attached hydrogen (secondary N) is 1. The molecule has 1 N–H and O–H groups in total. The first-order valence-electron chi connectivity index (χ1n) is 12.4. The average Bonchev–Trinajstić information content (AvgIpc) is 3.13. The Morgan fingerprint density at radius 3 is 2.46 bits per heavy atom. The first-order valence-corrected chi connectivity index (χ1v) is 12.7. The summed E-state index contributed by atoms with van der Waals surface area (Å²) in [7, 11) is 0. The smallest absolute Gasteiger partial charge is 0.162 e. The maximum Gasteiger partial charge on any atom is 0.162 e. The van der Waals surface area contributed by atoms with Crippen molar-refractivity contribution in [2.75, 3.05) is 5.32 Å². The number of Topliss-reactive ketones (excluding diaryl/α,β-unsaturated/α-hetero) is 1. The fraction of sp³-hybridized carbons (Fsp3) is 0.400. The van der Waals surface area contributed by atoms with Crippen LogP contribution in [0.2, 0.25) is 5.02 Å². The summed E-state index contributed by atoms with van der Waals surface area (Å²) in [5.41, 5.74) is 7.95. The van der Waals surface area contributed by atoms with Crippen LogP contribution in [0.4, 0.5) is 5.82 Å². The Bertz CT molecular complexity index is 1390. The van der Waals surface area contributed by atoms with Gasteiger partial charge in [-0.05, 0) is 54.5 Å². The van der Waals surface area contributed by atoms with Crippen molar-refractivity contribution in [3.8, 4) is 5.69 Å². The van der Waals surface area contributed by atoms with E-state index in [2.05, 4.69) is 82.7 Å². The largest absolute Gasteiger partial charge is 0.343 e. The fourth-order valence-corrected chi connectivity index (χ4v) is 5.85. The average molecular weight is 488 g/mol. The first kappa shape index (κ1) is 23.9. The molecule has 1 aliphatic carbocycles. The zero-order valence-electron chi connectivity index (χ0n) is 21.7. The van der Waals surface area contributed by atoms with Crippen LogP contribution in [0.1, 0.15) is 81.3 Å². The molecule has 35 heavy (non-hydrogen) atoms. The van der Waals surface area contributed by atoms with Crippen molar-refractivity contribution in [3.63, 3.8) is 0 Å². The minimum Gasteiger partial charge on any atom is -0.343 e. The number of carbonyl (C=O) groups excluding carboxylic acids is 1. The monoisotopic (exact) mass is 487 g/mol. The molecular formula is C30H34ClN3O. The molecule has 3 aromatic rings. The van der Waals surface area contributed by atoms with E-state index in [0.717, 1.165) is 46.0 Å². The van der Waals surface area contributed by atoms with Gasteiger partial charge in [0.05, 0.1) is 11.4 Å². The minimum atomic E-state index is -0.258. The van der Waals surface area contributed by atoms with Gasteiger partial charge in [0.25, 0.3) is 0 Å². The van der Waals surface area contributed by atoms with Crippen LogP contribution in [0, 0.1) is 19.3 Å². The number of aromatic nitrogens is 2. The highest BCUT2D eigenvalue weighted by Crippen LogP contribution is 2.53. The molecule has 5 heteroatoms. The molecule has 1 aromatic heterocycles. The number of halogens is 1. The highest BCUT2D eigenvalue weighted by atomic mass is 35.5. The van der Waals surface area contributed by atoms with E-state index in [0.29, 0.717) is 11.4 Å². The highest BCUT2D eigenvalue weighted by Gasteiger charge is 2.45. The number of hydrogen-bond acceptors (Lipinski definition) is 3. The van der Waals surface area contributed by atoms with E-state index in [1.54, 1.807) is 0 Å². The Hall–Kier alpha value is -2.85. The Morgan fingerprint density at radius 1 is 1.06 bits per heavy atom. The summed E-state index contributed by atoms with van der Waals surface area (Å²) >= 11 is 6.81. The van der Waals surface area contributed by atoms with Crippen LogP contribution in [0.3, 0.4) is 0 Å². The third-order valence-electron chi connectivity index (χ3n) is 7.42. The molecule has 4 nitrogen and oxygen atoms in total. The lowest BCUT2D eigenvalue weighted by atomic mass is 9.68. The summed E-state index contributed by atoms with van der Waals surface area (Å²) in [5.74, 6) is 0.878. The molecule has 2 aliphatic rings. The second-order valence-corrected chi connectivity index (χ2v) is 12.3. The molecule has 182 valence electrons. The van der Waals surface area contributed by atoms with Crippen LogP contribution in [0.5, 0.6) is 0 Å². The quantitative estimate of drug-likeness (QED) is 0.404. The topological polar surface area (TPSA) is 46.9 Å². The van der Waals surface area contributed by atoms with Crippen LogP contribution < -0.4 is 5.32 Å². The maximum absolute atomic E-state index is 13.7. The summed E-state index contributed by atoms with van der Waals surface area (Å²) in [6.45, 7) is 15.1. The predicted octanol–water partition coefficient (Wildman–Crippen LogP) is 7.64. The number of allylic oxidation sites excluding steroid dienone is 2. The number of carbonyl (C=O) groups is 1. The molecule has 1 unspecified atom stereocenters. The molecule has 0 amide bonds. The van der Waals surface area contributed by atoms with Gasteiger partial charge in [0.1, 0.15) is 5.82 Å². The number of rotatable bonds is 2. The fourth-order valence-electron chi connectivity index (χ4n) is 5.61. The molecule has 1 aliphatic heterocycles. The second kappa shape index (κ2) is 8.09. The van der Waals surface area contributed by atoms with Crippen molar-refractivity contribution in [2.24, 2.45) is 5.41 Å². The van der Waals surface area contributed by atoms with Gasteiger partial charge in [-0.15, -0.1) is 0 Å². The Balaban J connectivity index is 1.87. The van der Waals surface area contributed by atoms with Gasteiger partial charge in [-0.1, -0.05) is 76.6 Å². The number of nitrogens with zero attached hydrogens (tertiary/aromatic N) is 2. The summed E-state index contributed by atoms with van der Waals surface area (Å²) in [6.07, 6.45) is 1.33. The zero-order chi connectivity index (χ0) is 25.3. The second-order valence-electron chi connectivity index (χ2n) is 11.9. The van der Waals surface area contributed by atoms with Gasteiger partial charge in [0.15, 0.2) is 5.78 Å². The van der Waals surface area contributed by atoms with Gasteiger partial charge in [-0.25, -0.2) is 4.68 Å². The third kappa shape index (κ3) is 3.92. The number of benzene rings is 2. The van der Waals surface area contributed by atoms with Crippen molar-refractivity contribution in [3.05, 3.63) is 86.7 Å². The van der Waals surface area contributed by atoms with E-state index >= 15 is 0 Å². The lowest BCUT2D eigenvalue weighted by Gasteiger charge is -2.39. The third-order valence-corrected chi connectivity index (χ3v) is 7.76. The van der Waals surface area contributed by atoms with Crippen LogP contribution in [-0.4, -0.2) is 15.6 Å². The van der Waals surface area contributed by atoms with E-state index in [9.17, 15) is 4.79 Å². The van der Waals surface area contributed by atoms with E-state index < -0.39 is 0 Å². The van der Waals surface area contributed by atoms with Crippen molar-refractivity contribution in [2.45, 2.75) is 72.6 Å². The molecule has 2 heterocycles.